The highest BCUT2D eigenvalue weighted by Gasteiger charge is 2.49. The number of hydrogen-bond acceptors (Lipinski definition) is 3. The highest BCUT2D eigenvalue weighted by molar-refractivity contribution is 6.47. The lowest BCUT2D eigenvalue weighted by molar-refractivity contribution is -0.134. The van der Waals surface area contributed by atoms with Gasteiger partial charge in [0.2, 0.25) is 5.91 Å². The largest absolute Gasteiger partial charge is 0.354 e. The van der Waals surface area contributed by atoms with Crippen LogP contribution in [0.1, 0.15) is 63.4 Å². The van der Waals surface area contributed by atoms with Crippen molar-refractivity contribution < 1.29 is 9.59 Å². The lowest BCUT2D eigenvalue weighted by atomic mass is 9.97. The zero-order valence-corrected chi connectivity index (χ0v) is 16.5. The van der Waals surface area contributed by atoms with Gasteiger partial charge >= 0.3 is 0 Å². The van der Waals surface area contributed by atoms with Gasteiger partial charge in [0.05, 0.1) is 0 Å². The van der Waals surface area contributed by atoms with Gasteiger partial charge in [0.15, 0.2) is 0 Å². The summed E-state index contributed by atoms with van der Waals surface area (Å²) in [6.07, 6.45) is 11.8. The monoisotopic (exact) mass is 379 g/mol. The van der Waals surface area contributed by atoms with Crippen LogP contribution in [0.15, 0.2) is 47.0 Å². The fourth-order valence-electron chi connectivity index (χ4n) is 4.65. The van der Waals surface area contributed by atoms with Crippen LogP contribution in [0.5, 0.6) is 0 Å². The summed E-state index contributed by atoms with van der Waals surface area (Å²) >= 11 is 0. The molecule has 5 heteroatoms. The minimum Gasteiger partial charge on any atom is -0.354 e. The van der Waals surface area contributed by atoms with Crippen molar-refractivity contribution in [2.45, 2.75) is 63.5 Å². The molecule has 0 atom stereocenters. The molecule has 2 amide bonds. The Labute approximate surface area is 166 Å². The highest BCUT2D eigenvalue weighted by Crippen LogP contribution is 2.40. The fraction of sp³-hybridized carbons (Fsp3) is 0.522. The summed E-state index contributed by atoms with van der Waals surface area (Å²) in [5.41, 5.74) is 2.27. The van der Waals surface area contributed by atoms with Gasteiger partial charge in [0, 0.05) is 12.1 Å². The third-order valence-electron chi connectivity index (χ3n) is 6.18. The molecule has 1 fully saturated rings. The van der Waals surface area contributed by atoms with Gasteiger partial charge < -0.3 is 10.2 Å². The maximum absolute atomic E-state index is 13.1. The molecular weight excluding hydrogens is 350 g/mol. The van der Waals surface area contributed by atoms with E-state index in [0.717, 1.165) is 50.5 Å². The molecule has 28 heavy (non-hydrogen) atoms. The Balaban J connectivity index is 1.41. The molecule has 0 unspecified atom stereocenters. The van der Waals surface area contributed by atoms with Crippen LogP contribution < -0.4 is 5.32 Å². The maximum atomic E-state index is 13.1. The van der Waals surface area contributed by atoms with E-state index in [9.17, 15) is 9.59 Å². The van der Waals surface area contributed by atoms with Crippen molar-refractivity contribution in [2.24, 2.45) is 4.99 Å². The zero-order valence-electron chi connectivity index (χ0n) is 16.5. The zero-order chi connectivity index (χ0) is 19.4. The smallest absolute Gasteiger partial charge is 0.275 e. The Hall–Kier alpha value is -2.43. The average Bonchev–Trinajstić information content (AvgIpc) is 3.30. The molecule has 0 bridgehead atoms. The van der Waals surface area contributed by atoms with Gasteiger partial charge in [-0.05, 0) is 57.8 Å². The molecule has 0 aromatic heterocycles. The van der Waals surface area contributed by atoms with E-state index in [2.05, 4.69) is 11.4 Å². The van der Waals surface area contributed by atoms with Crippen LogP contribution in [-0.4, -0.2) is 41.2 Å². The van der Waals surface area contributed by atoms with Crippen molar-refractivity contribution in [1.29, 1.82) is 0 Å². The van der Waals surface area contributed by atoms with Gasteiger partial charge in [-0.15, -0.1) is 0 Å². The standard InChI is InChI=1S/C23H29N3O2/c27-20(24-16-13-18-9-3-1-4-10-18)17-26-22(28)21(19-11-5-2-6-12-19)25-23(26)14-7-8-15-23/h2,5-6,9,11-12H,1,3-4,7-8,10,13-17H2,(H,24,27). The van der Waals surface area contributed by atoms with Crippen molar-refractivity contribution in [3.05, 3.63) is 47.5 Å². The Kier molecular flexibility index (Phi) is 5.60. The molecule has 1 aromatic carbocycles. The molecule has 148 valence electrons. The lowest BCUT2D eigenvalue weighted by Gasteiger charge is -2.32. The minimum absolute atomic E-state index is 0.0828. The van der Waals surface area contributed by atoms with E-state index >= 15 is 0 Å². The Bertz CT molecular complexity index is 791. The molecule has 2 aliphatic carbocycles. The summed E-state index contributed by atoms with van der Waals surface area (Å²) in [5.74, 6) is -0.196. The van der Waals surface area contributed by atoms with Crippen molar-refractivity contribution in [3.8, 4) is 0 Å². The number of carbonyl (C=O) groups is 2. The molecule has 1 aromatic rings. The number of nitrogens with zero attached hydrogens (tertiary/aromatic N) is 2. The van der Waals surface area contributed by atoms with E-state index in [0.29, 0.717) is 12.3 Å². The van der Waals surface area contributed by atoms with Crippen LogP contribution in [0.25, 0.3) is 0 Å². The number of carbonyl (C=O) groups excluding carboxylic acids is 2. The van der Waals surface area contributed by atoms with Crippen molar-refractivity contribution in [1.82, 2.24) is 10.2 Å². The van der Waals surface area contributed by atoms with Crippen molar-refractivity contribution in [3.63, 3.8) is 0 Å². The summed E-state index contributed by atoms with van der Waals surface area (Å²) in [6.45, 7) is 0.740. The van der Waals surface area contributed by atoms with Crippen LogP contribution in [-0.2, 0) is 9.59 Å². The quantitative estimate of drug-likeness (QED) is 0.768. The Morgan fingerprint density at radius 3 is 2.61 bits per heavy atom. The van der Waals surface area contributed by atoms with E-state index in [4.69, 9.17) is 4.99 Å². The van der Waals surface area contributed by atoms with Gasteiger partial charge in [-0.2, -0.15) is 0 Å². The number of amides is 2. The Morgan fingerprint density at radius 2 is 1.89 bits per heavy atom. The van der Waals surface area contributed by atoms with E-state index < -0.39 is 5.66 Å². The van der Waals surface area contributed by atoms with Gasteiger partial charge in [-0.25, -0.2) is 0 Å². The maximum Gasteiger partial charge on any atom is 0.275 e. The predicted molar refractivity (Wildman–Crippen MR) is 110 cm³/mol. The molecule has 5 nitrogen and oxygen atoms in total. The second-order valence-corrected chi connectivity index (χ2v) is 8.12. The van der Waals surface area contributed by atoms with E-state index in [-0.39, 0.29) is 18.4 Å². The molecule has 1 N–H and O–H groups in total. The number of benzene rings is 1. The van der Waals surface area contributed by atoms with Crippen molar-refractivity contribution in [2.75, 3.05) is 13.1 Å². The fourth-order valence-corrected chi connectivity index (χ4v) is 4.65. The molecule has 4 rings (SSSR count). The summed E-state index contributed by atoms with van der Waals surface area (Å²) in [6, 6.07) is 9.60. The second kappa shape index (κ2) is 8.29. The first-order valence-electron chi connectivity index (χ1n) is 10.6. The van der Waals surface area contributed by atoms with Crippen molar-refractivity contribution >= 4 is 17.5 Å². The number of rotatable bonds is 6. The van der Waals surface area contributed by atoms with Crippen LogP contribution in [0.2, 0.25) is 0 Å². The number of hydrogen-bond donors (Lipinski definition) is 1. The minimum atomic E-state index is -0.522. The molecule has 1 aliphatic heterocycles. The number of allylic oxidation sites excluding steroid dienone is 1. The van der Waals surface area contributed by atoms with Crippen LogP contribution in [0.4, 0.5) is 0 Å². The predicted octanol–water partition coefficient (Wildman–Crippen LogP) is 3.59. The first-order valence-corrected chi connectivity index (χ1v) is 10.6. The summed E-state index contributed by atoms with van der Waals surface area (Å²) in [4.78, 5) is 32.3. The lowest BCUT2D eigenvalue weighted by Crippen LogP contribution is -2.50. The topological polar surface area (TPSA) is 61.8 Å². The van der Waals surface area contributed by atoms with E-state index in [1.807, 2.05) is 30.3 Å². The first-order chi connectivity index (χ1) is 13.7. The third-order valence-corrected chi connectivity index (χ3v) is 6.18. The van der Waals surface area contributed by atoms with Gasteiger partial charge in [-0.3, -0.25) is 14.6 Å². The van der Waals surface area contributed by atoms with Gasteiger partial charge in [0.1, 0.15) is 17.9 Å². The molecule has 1 spiro atoms. The van der Waals surface area contributed by atoms with Crippen LogP contribution in [0.3, 0.4) is 0 Å². The summed E-state index contributed by atoms with van der Waals surface area (Å²) < 4.78 is 0. The highest BCUT2D eigenvalue weighted by atomic mass is 16.2. The second-order valence-electron chi connectivity index (χ2n) is 8.12. The molecule has 0 radical (unpaired) electrons. The van der Waals surface area contributed by atoms with E-state index in [1.165, 1.54) is 18.4 Å². The van der Waals surface area contributed by atoms with Gasteiger partial charge in [-0.1, -0.05) is 42.0 Å². The Morgan fingerprint density at radius 1 is 1.11 bits per heavy atom. The summed E-state index contributed by atoms with van der Waals surface area (Å²) in [7, 11) is 0. The summed E-state index contributed by atoms with van der Waals surface area (Å²) in [5, 5.41) is 3.01. The normalized spacial score (nSPS) is 21.0. The molecular formula is C23H29N3O2. The number of aliphatic imine (C=N–C) groups is 1. The van der Waals surface area contributed by atoms with Crippen LogP contribution in [0, 0.1) is 0 Å². The third kappa shape index (κ3) is 3.89. The number of nitrogens with one attached hydrogen (secondary N) is 1. The first kappa shape index (κ1) is 18.9. The molecule has 3 aliphatic rings. The molecule has 0 saturated heterocycles. The average molecular weight is 380 g/mol. The van der Waals surface area contributed by atoms with Gasteiger partial charge in [0.25, 0.3) is 5.91 Å². The van der Waals surface area contributed by atoms with E-state index in [1.54, 1.807) is 4.90 Å². The molecule has 1 heterocycles. The SMILES string of the molecule is O=C(CN1C(=O)C(c2ccccc2)=NC12CCCC2)NCCC1=CCCCC1. The van der Waals surface area contributed by atoms with Crippen LogP contribution >= 0.6 is 0 Å². The molecule has 1 saturated carbocycles.